The number of aromatic carboxylic acids is 1. The summed E-state index contributed by atoms with van der Waals surface area (Å²) in [6.45, 7) is 0. The zero-order chi connectivity index (χ0) is 11.5. The summed E-state index contributed by atoms with van der Waals surface area (Å²) in [5.41, 5.74) is 0.307. The molecule has 0 fully saturated rings. The number of benzene rings is 1. The summed E-state index contributed by atoms with van der Waals surface area (Å²) >= 11 is 0. The molecule has 0 radical (unpaired) electrons. The van der Waals surface area contributed by atoms with Gasteiger partial charge in [-0.25, -0.2) is 4.79 Å². The van der Waals surface area contributed by atoms with E-state index in [0.29, 0.717) is 5.56 Å². The monoisotopic (exact) mass is 216 g/mol. The molecule has 0 aliphatic carbocycles. The molecule has 5 nitrogen and oxygen atoms in total. The Bertz CT molecular complexity index is 531. The van der Waals surface area contributed by atoms with Crippen LogP contribution in [0.5, 0.6) is 0 Å². The smallest absolute Gasteiger partial charge is 0.339 e. The Labute approximate surface area is 90.7 Å². The number of nitrogens with zero attached hydrogens (tertiary/aromatic N) is 1. The van der Waals surface area contributed by atoms with Gasteiger partial charge in [-0.05, 0) is 0 Å². The number of carboxylic acid groups (broad SMARTS) is 1. The van der Waals surface area contributed by atoms with Gasteiger partial charge in [0.1, 0.15) is 11.3 Å². The van der Waals surface area contributed by atoms with Crippen LogP contribution >= 0.6 is 0 Å². The lowest BCUT2D eigenvalue weighted by atomic mass is 10.1. The van der Waals surface area contributed by atoms with Gasteiger partial charge in [0.25, 0.3) is 0 Å². The fraction of sp³-hybridized carbons (Fsp3) is 0. The average molecular weight is 216 g/mol. The second-order valence-corrected chi connectivity index (χ2v) is 3.16. The molecule has 1 heterocycles. The number of carboxylic acids is 1. The molecule has 0 aliphatic heterocycles. The van der Waals surface area contributed by atoms with E-state index in [1.54, 1.807) is 30.3 Å². The van der Waals surface area contributed by atoms with E-state index in [2.05, 4.69) is 10.2 Å². The lowest BCUT2D eigenvalue weighted by Crippen LogP contribution is -2.08. The Morgan fingerprint density at radius 1 is 1.19 bits per heavy atom. The molecular weight excluding hydrogens is 208 g/mol. The highest BCUT2D eigenvalue weighted by atomic mass is 16.4. The number of nitrogens with one attached hydrogen (secondary N) is 1. The van der Waals surface area contributed by atoms with Crippen LogP contribution in [0.15, 0.2) is 36.5 Å². The number of hydrogen-bond donors (Lipinski definition) is 2. The summed E-state index contributed by atoms with van der Waals surface area (Å²) in [6.07, 6.45) is 1.12. The Kier molecular flexibility index (Phi) is 2.51. The Morgan fingerprint density at radius 3 is 2.50 bits per heavy atom. The molecule has 16 heavy (non-hydrogen) atoms. The summed E-state index contributed by atoms with van der Waals surface area (Å²) in [5.74, 6) is -1.55. The van der Waals surface area contributed by atoms with E-state index in [4.69, 9.17) is 5.11 Å². The van der Waals surface area contributed by atoms with Crippen LogP contribution in [0.1, 0.15) is 26.4 Å². The summed E-state index contributed by atoms with van der Waals surface area (Å²) in [4.78, 5) is 22.7. The Morgan fingerprint density at radius 2 is 1.88 bits per heavy atom. The van der Waals surface area contributed by atoms with Gasteiger partial charge in [0.05, 0.1) is 6.20 Å². The molecule has 0 unspecified atom stereocenters. The van der Waals surface area contributed by atoms with Crippen LogP contribution in [0.25, 0.3) is 0 Å². The van der Waals surface area contributed by atoms with Crippen molar-refractivity contribution >= 4 is 11.8 Å². The van der Waals surface area contributed by atoms with Crippen LogP contribution in [0.4, 0.5) is 0 Å². The van der Waals surface area contributed by atoms with E-state index in [-0.39, 0.29) is 17.0 Å². The van der Waals surface area contributed by atoms with Gasteiger partial charge in [-0.2, -0.15) is 5.10 Å². The zero-order valence-corrected chi connectivity index (χ0v) is 8.18. The van der Waals surface area contributed by atoms with Gasteiger partial charge in [0, 0.05) is 5.56 Å². The molecule has 0 saturated heterocycles. The van der Waals surface area contributed by atoms with Gasteiger partial charge in [0.2, 0.25) is 5.78 Å². The van der Waals surface area contributed by atoms with Gasteiger partial charge in [-0.1, -0.05) is 30.3 Å². The maximum atomic E-state index is 11.9. The third-order valence-electron chi connectivity index (χ3n) is 2.13. The van der Waals surface area contributed by atoms with Crippen molar-refractivity contribution in [3.05, 3.63) is 53.3 Å². The van der Waals surface area contributed by atoms with Crippen molar-refractivity contribution < 1.29 is 14.7 Å². The number of hydrogen-bond acceptors (Lipinski definition) is 3. The molecule has 2 N–H and O–H groups in total. The Hall–Kier alpha value is -2.43. The largest absolute Gasteiger partial charge is 0.478 e. The van der Waals surface area contributed by atoms with E-state index in [9.17, 15) is 9.59 Å². The molecule has 0 aliphatic rings. The maximum Gasteiger partial charge on any atom is 0.339 e. The molecule has 0 atom stereocenters. The summed E-state index contributed by atoms with van der Waals surface area (Å²) < 4.78 is 0. The van der Waals surface area contributed by atoms with Gasteiger partial charge < -0.3 is 5.11 Å². The molecule has 5 heteroatoms. The fourth-order valence-corrected chi connectivity index (χ4v) is 1.36. The Balaban J connectivity index is 2.42. The molecule has 2 aromatic rings. The van der Waals surface area contributed by atoms with E-state index in [1.165, 1.54) is 0 Å². The first-order valence-corrected chi connectivity index (χ1v) is 4.56. The quantitative estimate of drug-likeness (QED) is 0.758. The van der Waals surface area contributed by atoms with Crippen LogP contribution in [0, 0.1) is 0 Å². The lowest BCUT2D eigenvalue weighted by Gasteiger charge is -1.98. The number of H-pyrrole nitrogens is 1. The number of carbonyl (C=O) groups is 2. The maximum absolute atomic E-state index is 11.9. The van der Waals surface area contributed by atoms with Crippen molar-refractivity contribution in [1.82, 2.24) is 10.2 Å². The molecule has 80 valence electrons. The van der Waals surface area contributed by atoms with E-state index < -0.39 is 5.97 Å². The average Bonchev–Trinajstić information content (AvgIpc) is 2.78. The van der Waals surface area contributed by atoms with Crippen molar-refractivity contribution in [3.63, 3.8) is 0 Å². The van der Waals surface area contributed by atoms with Crippen LogP contribution in [0.3, 0.4) is 0 Å². The third-order valence-corrected chi connectivity index (χ3v) is 2.13. The van der Waals surface area contributed by atoms with Crippen molar-refractivity contribution in [3.8, 4) is 0 Å². The first-order chi connectivity index (χ1) is 7.70. The van der Waals surface area contributed by atoms with Gasteiger partial charge in [-0.3, -0.25) is 9.89 Å². The van der Waals surface area contributed by atoms with Gasteiger partial charge >= 0.3 is 5.97 Å². The summed E-state index contributed by atoms with van der Waals surface area (Å²) in [7, 11) is 0. The number of carbonyl (C=O) groups excluding carboxylic acids is 1. The van der Waals surface area contributed by atoms with Crippen molar-refractivity contribution in [2.75, 3.05) is 0 Å². The minimum absolute atomic E-state index is 0.00120. The number of aromatic nitrogens is 2. The molecule has 0 bridgehead atoms. The van der Waals surface area contributed by atoms with Gasteiger partial charge in [0.15, 0.2) is 0 Å². The van der Waals surface area contributed by atoms with Crippen LogP contribution in [-0.2, 0) is 0 Å². The molecule has 1 aromatic heterocycles. The predicted octanol–water partition coefficient (Wildman–Crippen LogP) is 1.34. The SMILES string of the molecule is O=C(O)c1cn[nH]c1C(=O)c1ccccc1. The lowest BCUT2D eigenvalue weighted by molar-refractivity contribution is 0.0693. The first kappa shape index (κ1) is 10.1. The number of ketones is 1. The fourth-order valence-electron chi connectivity index (χ4n) is 1.36. The minimum Gasteiger partial charge on any atom is -0.478 e. The first-order valence-electron chi connectivity index (χ1n) is 4.56. The van der Waals surface area contributed by atoms with Crippen LogP contribution in [-0.4, -0.2) is 27.1 Å². The minimum atomic E-state index is -1.17. The van der Waals surface area contributed by atoms with Crippen LogP contribution < -0.4 is 0 Å². The third kappa shape index (κ3) is 1.70. The van der Waals surface area contributed by atoms with E-state index >= 15 is 0 Å². The van der Waals surface area contributed by atoms with Gasteiger partial charge in [-0.15, -0.1) is 0 Å². The van der Waals surface area contributed by atoms with Crippen molar-refractivity contribution in [2.24, 2.45) is 0 Å². The predicted molar refractivity (Wildman–Crippen MR) is 55.4 cm³/mol. The second kappa shape index (κ2) is 3.98. The molecular formula is C11H8N2O3. The molecule has 1 aromatic carbocycles. The molecule has 0 amide bonds. The van der Waals surface area contributed by atoms with Crippen molar-refractivity contribution in [2.45, 2.75) is 0 Å². The van der Waals surface area contributed by atoms with E-state index in [0.717, 1.165) is 6.20 Å². The standard InChI is InChI=1S/C11H8N2O3/c14-10(7-4-2-1-3-5-7)9-8(11(15)16)6-12-13-9/h1-6H,(H,12,13)(H,15,16). The molecule has 0 spiro atoms. The summed E-state index contributed by atoms with van der Waals surface area (Å²) in [6, 6.07) is 8.44. The normalized spacial score (nSPS) is 10.0. The van der Waals surface area contributed by atoms with Crippen molar-refractivity contribution in [1.29, 1.82) is 0 Å². The number of aromatic amines is 1. The highest BCUT2D eigenvalue weighted by molar-refractivity contribution is 6.12. The van der Waals surface area contributed by atoms with E-state index in [1.807, 2.05) is 0 Å². The zero-order valence-electron chi connectivity index (χ0n) is 8.18. The highest BCUT2D eigenvalue weighted by Crippen LogP contribution is 2.11. The summed E-state index contributed by atoms with van der Waals surface area (Å²) in [5, 5.41) is 14.8. The van der Waals surface area contributed by atoms with Crippen LogP contribution in [0.2, 0.25) is 0 Å². The second-order valence-electron chi connectivity index (χ2n) is 3.16. The molecule has 0 saturated carbocycles. The number of rotatable bonds is 3. The topological polar surface area (TPSA) is 83.0 Å². The highest BCUT2D eigenvalue weighted by Gasteiger charge is 2.19. The molecule has 2 rings (SSSR count).